The zero-order valence-electron chi connectivity index (χ0n) is 11.9. The highest BCUT2D eigenvalue weighted by Gasteiger charge is 2.45. The van der Waals surface area contributed by atoms with Crippen LogP contribution in [-0.2, 0) is 4.79 Å². The summed E-state index contributed by atoms with van der Waals surface area (Å²) in [4.78, 5) is 32.8. The number of aromatic nitrogens is 1. The molecule has 1 aliphatic carbocycles. The Kier molecular flexibility index (Phi) is 3.21. The van der Waals surface area contributed by atoms with Crippen LogP contribution in [0.2, 0.25) is 0 Å². The number of carbonyl (C=O) groups is 2. The van der Waals surface area contributed by atoms with Gasteiger partial charge in [-0.25, -0.2) is 4.98 Å². The van der Waals surface area contributed by atoms with E-state index in [2.05, 4.69) is 9.88 Å². The second kappa shape index (κ2) is 5.09. The average Bonchev–Trinajstić information content (AvgIpc) is 3.18. The third kappa shape index (κ3) is 2.35. The molecule has 112 valence electrons. The minimum Gasteiger partial charge on any atom is -0.337 e. The van der Waals surface area contributed by atoms with Crippen molar-refractivity contribution >= 4 is 23.2 Å². The van der Waals surface area contributed by atoms with Crippen LogP contribution in [0.25, 0.3) is 0 Å². The molecule has 0 spiro atoms. The van der Waals surface area contributed by atoms with Gasteiger partial charge in [-0.1, -0.05) is 0 Å². The minimum absolute atomic E-state index is 0.0459. The van der Waals surface area contributed by atoms with Crippen molar-refractivity contribution in [3.8, 4) is 0 Å². The van der Waals surface area contributed by atoms with Crippen LogP contribution in [0.4, 0.5) is 0 Å². The van der Waals surface area contributed by atoms with Gasteiger partial charge in [-0.2, -0.15) is 0 Å². The maximum atomic E-state index is 12.4. The molecule has 3 aliphatic rings. The largest absolute Gasteiger partial charge is 0.337 e. The lowest BCUT2D eigenvalue weighted by molar-refractivity contribution is -0.141. The van der Waals surface area contributed by atoms with E-state index in [1.807, 2.05) is 10.3 Å². The van der Waals surface area contributed by atoms with E-state index in [1.54, 1.807) is 5.51 Å². The van der Waals surface area contributed by atoms with E-state index >= 15 is 0 Å². The molecule has 1 aromatic rings. The minimum atomic E-state index is 0.0459. The lowest BCUT2D eigenvalue weighted by atomic mass is 9.83. The molecule has 4 rings (SSSR count). The van der Waals surface area contributed by atoms with Gasteiger partial charge in [0.05, 0.1) is 5.51 Å². The molecule has 21 heavy (non-hydrogen) atoms. The van der Waals surface area contributed by atoms with Crippen LogP contribution < -0.4 is 0 Å². The first-order valence-electron chi connectivity index (χ1n) is 7.72. The van der Waals surface area contributed by atoms with Crippen LogP contribution in [0.15, 0.2) is 10.9 Å². The number of hydrogen-bond acceptors (Lipinski definition) is 4. The summed E-state index contributed by atoms with van der Waals surface area (Å²) in [7, 11) is 0. The van der Waals surface area contributed by atoms with Crippen molar-refractivity contribution < 1.29 is 9.59 Å². The predicted octanol–water partition coefficient (Wildman–Crippen LogP) is 1.76. The van der Waals surface area contributed by atoms with Crippen LogP contribution >= 0.6 is 11.3 Å². The smallest absolute Gasteiger partial charge is 0.273 e. The predicted molar refractivity (Wildman–Crippen MR) is 79.0 cm³/mol. The molecule has 3 heterocycles. The summed E-state index contributed by atoms with van der Waals surface area (Å²) in [6.45, 7) is 1.52. The molecule has 2 aliphatic heterocycles. The molecule has 6 heteroatoms. The van der Waals surface area contributed by atoms with E-state index in [0.29, 0.717) is 36.0 Å². The average molecular weight is 305 g/mol. The van der Waals surface area contributed by atoms with Crippen molar-refractivity contribution in [2.45, 2.75) is 44.2 Å². The number of amides is 2. The first-order valence-corrected chi connectivity index (χ1v) is 8.67. The quantitative estimate of drug-likeness (QED) is 0.836. The van der Waals surface area contributed by atoms with E-state index < -0.39 is 0 Å². The third-order valence-corrected chi connectivity index (χ3v) is 5.53. The number of fused-ring (bicyclic) bond motifs is 1. The zero-order chi connectivity index (χ0) is 14.4. The van der Waals surface area contributed by atoms with Gasteiger partial charge in [0.1, 0.15) is 5.69 Å². The maximum Gasteiger partial charge on any atom is 0.273 e. The van der Waals surface area contributed by atoms with Crippen molar-refractivity contribution in [2.24, 2.45) is 5.92 Å². The zero-order valence-corrected chi connectivity index (χ0v) is 12.7. The number of thiazole rings is 1. The Labute approximate surface area is 127 Å². The third-order valence-electron chi connectivity index (χ3n) is 4.95. The number of piperidine rings is 2. The molecule has 3 fully saturated rings. The van der Waals surface area contributed by atoms with Gasteiger partial charge in [-0.3, -0.25) is 9.59 Å². The fourth-order valence-electron chi connectivity index (χ4n) is 3.78. The van der Waals surface area contributed by atoms with Crippen molar-refractivity contribution in [2.75, 3.05) is 13.1 Å². The Morgan fingerprint density at radius 3 is 2.86 bits per heavy atom. The SMILES string of the molecule is O=C(c1cscn1)N1CC[C@@H]2[C@H](CCC(=O)N2C2CC2)C1. The Hall–Kier alpha value is -1.43. The highest BCUT2D eigenvalue weighted by molar-refractivity contribution is 7.07. The molecule has 2 saturated heterocycles. The van der Waals surface area contributed by atoms with Gasteiger partial charge in [0.2, 0.25) is 5.91 Å². The highest BCUT2D eigenvalue weighted by atomic mass is 32.1. The van der Waals surface area contributed by atoms with Gasteiger partial charge < -0.3 is 9.80 Å². The van der Waals surface area contributed by atoms with Gasteiger partial charge in [-0.15, -0.1) is 11.3 Å². The van der Waals surface area contributed by atoms with E-state index in [9.17, 15) is 9.59 Å². The number of likely N-dealkylation sites (tertiary alicyclic amines) is 2. The summed E-state index contributed by atoms with van der Waals surface area (Å²) in [5.74, 6) is 0.822. The maximum absolute atomic E-state index is 12.4. The Morgan fingerprint density at radius 1 is 1.29 bits per heavy atom. The Morgan fingerprint density at radius 2 is 2.14 bits per heavy atom. The van der Waals surface area contributed by atoms with Gasteiger partial charge in [0, 0.05) is 37.0 Å². The molecule has 2 amide bonds. The molecule has 1 saturated carbocycles. The standard InChI is InChI=1S/C15H19N3O2S/c19-14-4-1-10-7-17(15(20)12-8-21-9-16-12)6-5-13(10)18(14)11-2-3-11/h8-11,13H,1-7H2/t10-,13-/m1/s1. The lowest BCUT2D eigenvalue weighted by Gasteiger charge is -2.47. The second-order valence-corrected chi connectivity index (χ2v) is 7.03. The lowest BCUT2D eigenvalue weighted by Crippen LogP contribution is -2.57. The summed E-state index contributed by atoms with van der Waals surface area (Å²) in [5.41, 5.74) is 2.26. The monoisotopic (exact) mass is 305 g/mol. The molecule has 0 bridgehead atoms. The Balaban J connectivity index is 1.48. The number of rotatable bonds is 2. The Bertz CT molecular complexity index is 555. The molecule has 2 atom stereocenters. The summed E-state index contributed by atoms with van der Waals surface area (Å²) in [6.07, 6.45) is 4.82. The molecular weight excluding hydrogens is 286 g/mol. The molecule has 5 nitrogen and oxygen atoms in total. The van der Waals surface area contributed by atoms with Crippen LogP contribution in [0.1, 0.15) is 42.6 Å². The van der Waals surface area contributed by atoms with Crippen molar-refractivity contribution in [3.05, 3.63) is 16.6 Å². The molecule has 0 aromatic carbocycles. The molecule has 0 N–H and O–H groups in total. The fraction of sp³-hybridized carbons (Fsp3) is 0.667. The normalized spacial score (nSPS) is 29.4. The van der Waals surface area contributed by atoms with E-state index in [-0.39, 0.29) is 5.91 Å². The van der Waals surface area contributed by atoms with Crippen LogP contribution in [0.3, 0.4) is 0 Å². The summed E-state index contributed by atoms with van der Waals surface area (Å²) >= 11 is 1.46. The summed E-state index contributed by atoms with van der Waals surface area (Å²) in [6, 6.07) is 0.851. The van der Waals surface area contributed by atoms with Gasteiger partial charge in [0.25, 0.3) is 5.91 Å². The molecule has 0 radical (unpaired) electrons. The van der Waals surface area contributed by atoms with E-state index in [0.717, 1.165) is 38.8 Å². The number of hydrogen-bond donors (Lipinski definition) is 0. The summed E-state index contributed by atoms with van der Waals surface area (Å²) < 4.78 is 0. The fourth-order valence-corrected chi connectivity index (χ4v) is 4.31. The second-order valence-electron chi connectivity index (χ2n) is 6.31. The van der Waals surface area contributed by atoms with Crippen LogP contribution in [-0.4, -0.2) is 51.8 Å². The molecular formula is C15H19N3O2S. The summed E-state index contributed by atoms with van der Waals surface area (Å²) in [5, 5.41) is 1.81. The van der Waals surface area contributed by atoms with Gasteiger partial charge in [0.15, 0.2) is 0 Å². The number of carbonyl (C=O) groups excluding carboxylic acids is 2. The number of nitrogens with zero attached hydrogens (tertiary/aromatic N) is 3. The molecule has 1 aromatic heterocycles. The molecule has 0 unspecified atom stereocenters. The first kappa shape index (κ1) is 13.2. The first-order chi connectivity index (χ1) is 10.2. The van der Waals surface area contributed by atoms with Crippen molar-refractivity contribution in [1.29, 1.82) is 0 Å². The van der Waals surface area contributed by atoms with Gasteiger partial charge in [-0.05, 0) is 31.6 Å². The van der Waals surface area contributed by atoms with Crippen LogP contribution in [0, 0.1) is 5.92 Å². The van der Waals surface area contributed by atoms with Crippen LogP contribution in [0.5, 0.6) is 0 Å². The van der Waals surface area contributed by atoms with E-state index in [4.69, 9.17) is 0 Å². The topological polar surface area (TPSA) is 53.5 Å². The van der Waals surface area contributed by atoms with Crippen molar-refractivity contribution in [1.82, 2.24) is 14.8 Å². The highest BCUT2D eigenvalue weighted by Crippen LogP contribution is 2.39. The van der Waals surface area contributed by atoms with Crippen molar-refractivity contribution in [3.63, 3.8) is 0 Å². The van der Waals surface area contributed by atoms with Gasteiger partial charge >= 0.3 is 0 Å². The van der Waals surface area contributed by atoms with E-state index in [1.165, 1.54) is 11.3 Å².